The lowest BCUT2D eigenvalue weighted by molar-refractivity contribution is -0.121. The molecule has 0 aliphatic rings. The average molecular weight is 397 g/mol. The summed E-state index contributed by atoms with van der Waals surface area (Å²) in [6, 6.07) is 13.6. The molecular formula is C18H21ClN2O4S. The number of hydrogen-bond acceptors (Lipinski definition) is 4. The first kappa shape index (κ1) is 20.2. The smallest absolute Gasteiger partial charge is 0.243 e. The molecule has 0 saturated heterocycles. The zero-order valence-corrected chi connectivity index (χ0v) is 16.2. The number of amides is 1. The summed E-state index contributed by atoms with van der Waals surface area (Å²) >= 11 is 6.02. The van der Waals surface area contributed by atoms with Gasteiger partial charge in [-0.15, -0.1) is 0 Å². The Hall–Kier alpha value is -2.09. The van der Waals surface area contributed by atoms with E-state index in [4.69, 9.17) is 16.3 Å². The number of nitrogens with one attached hydrogen (secondary N) is 1. The second kappa shape index (κ2) is 9.02. The first-order valence-electron chi connectivity index (χ1n) is 8.02. The Labute approximate surface area is 158 Å². The van der Waals surface area contributed by atoms with E-state index in [1.807, 2.05) is 30.3 Å². The fourth-order valence-corrected chi connectivity index (χ4v) is 4.09. The molecule has 0 heterocycles. The van der Waals surface area contributed by atoms with Crippen molar-refractivity contribution in [2.45, 2.75) is 18.4 Å². The van der Waals surface area contributed by atoms with E-state index >= 15 is 0 Å². The van der Waals surface area contributed by atoms with Gasteiger partial charge in [0.25, 0.3) is 0 Å². The van der Waals surface area contributed by atoms with Gasteiger partial charge in [0.05, 0.1) is 23.6 Å². The number of rotatable bonds is 8. The summed E-state index contributed by atoms with van der Waals surface area (Å²) in [5.41, 5.74) is 0.939. The quantitative estimate of drug-likeness (QED) is 0.744. The van der Waals surface area contributed by atoms with E-state index in [1.165, 1.54) is 25.3 Å². The second-order valence-corrected chi connectivity index (χ2v) is 7.84. The molecule has 0 bridgehead atoms. The van der Waals surface area contributed by atoms with Gasteiger partial charge in [-0.05, 0) is 23.8 Å². The molecule has 6 nitrogen and oxygen atoms in total. The first-order chi connectivity index (χ1) is 12.4. The summed E-state index contributed by atoms with van der Waals surface area (Å²) in [7, 11) is -2.39. The molecule has 0 saturated carbocycles. The molecular weight excluding hydrogens is 376 g/mol. The molecule has 1 N–H and O–H groups in total. The molecule has 0 aromatic heterocycles. The minimum absolute atomic E-state index is 0.0148. The Balaban J connectivity index is 2.08. The Bertz CT molecular complexity index is 857. The third kappa shape index (κ3) is 4.97. The van der Waals surface area contributed by atoms with Gasteiger partial charge < -0.3 is 10.1 Å². The van der Waals surface area contributed by atoms with Crippen LogP contribution in [0.1, 0.15) is 12.5 Å². The Morgan fingerprint density at radius 3 is 2.46 bits per heavy atom. The van der Waals surface area contributed by atoms with Crippen molar-refractivity contribution < 1.29 is 17.9 Å². The van der Waals surface area contributed by atoms with Gasteiger partial charge in [0, 0.05) is 13.1 Å². The lowest BCUT2D eigenvalue weighted by Crippen LogP contribution is -2.40. The molecule has 0 aliphatic heterocycles. The summed E-state index contributed by atoms with van der Waals surface area (Å²) in [4.78, 5) is 12.2. The van der Waals surface area contributed by atoms with Crippen molar-refractivity contribution >= 4 is 27.5 Å². The van der Waals surface area contributed by atoms with E-state index in [1.54, 1.807) is 6.92 Å². The van der Waals surface area contributed by atoms with Gasteiger partial charge in [0.1, 0.15) is 5.75 Å². The van der Waals surface area contributed by atoms with Crippen molar-refractivity contribution in [3.05, 3.63) is 59.1 Å². The minimum Gasteiger partial charge on any atom is -0.495 e. The number of nitrogens with zero attached hydrogens (tertiary/aromatic N) is 1. The Morgan fingerprint density at radius 1 is 1.19 bits per heavy atom. The van der Waals surface area contributed by atoms with Crippen molar-refractivity contribution in [2.24, 2.45) is 0 Å². The lowest BCUT2D eigenvalue weighted by Gasteiger charge is -2.20. The van der Waals surface area contributed by atoms with Crippen LogP contribution in [0.15, 0.2) is 53.4 Å². The number of methoxy groups -OCH3 is 1. The standard InChI is InChI=1S/C18H21ClN2O4S/c1-3-21(13-18(22)20-12-14-7-5-4-6-8-14)26(23,24)15-9-10-17(25-2)16(19)11-15/h4-11H,3,12-13H2,1-2H3,(H,20,22). The number of benzene rings is 2. The lowest BCUT2D eigenvalue weighted by atomic mass is 10.2. The van der Waals surface area contributed by atoms with Crippen molar-refractivity contribution in [1.82, 2.24) is 9.62 Å². The fourth-order valence-electron chi connectivity index (χ4n) is 2.34. The maximum atomic E-state index is 12.8. The third-order valence-corrected chi connectivity index (χ3v) is 5.98. The highest BCUT2D eigenvalue weighted by Gasteiger charge is 2.26. The Kier molecular flexibility index (Phi) is 7.02. The van der Waals surface area contributed by atoms with Gasteiger partial charge >= 0.3 is 0 Å². The molecule has 0 spiro atoms. The van der Waals surface area contributed by atoms with E-state index in [9.17, 15) is 13.2 Å². The van der Waals surface area contributed by atoms with Crippen molar-refractivity contribution in [3.63, 3.8) is 0 Å². The first-order valence-corrected chi connectivity index (χ1v) is 9.84. The topological polar surface area (TPSA) is 75.7 Å². The molecule has 2 aromatic carbocycles. The van der Waals surface area contributed by atoms with Gasteiger partial charge in [-0.25, -0.2) is 8.42 Å². The van der Waals surface area contributed by atoms with Crippen LogP contribution in [0, 0.1) is 0 Å². The van der Waals surface area contributed by atoms with E-state index in [0.717, 1.165) is 9.87 Å². The molecule has 0 fully saturated rings. The van der Waals surface area contributed by atoms with E-state index in [0.29, 0.717) is 12.3 Å². The maximum absolute atomic E-state index is 12.8. The molecule has 0 atom stereocenters. The molecule has 2 rings (SSSR count). The average Bonchev–Trinajstić information content (AvgIpc) is 2.65. The maximum Gasteiger partial charge on any atom is 0.243 e. The largest absolute Gasteiger partial charge is 0.495 e. The molecule has 0 radical (unpaired) electrons. The number of carbonyl (C=O) groups excluding carboxylic acids is 1. The summed E-state index contributed by atoms with van der Waals surface area (Å²) in [6.45, 7) is 1.90. The highest BCUT2D eigenvalue weighted by atomic mass is 35.5. The number of hydrogen-bond donors (Lipinski definition) is 1. The zero-order chi connectivity index (χ0) is 19.2. The molecule has 26 heavy (non-hydrogen) atoms. The predicted molar refractivity (Wildman–Crippen MR) is 101 cm³/mol. The van der Waals surface area contributed by atoms with Gasteiger partial charge in [-0.2, -0.15) is 4.31 Å². The SMILES string of the molecule is CCN(CC(=O)NCc1ccccc1)S(=O)(=O)c1ccc(OC)c(Cl)c1. The molecule has 1 amide bonds. The van der Waals surface area contributed by atoms with Crippen molar-refractivity contribution in [1.29, 1.82) is 0 Å². The Morgan fingerprint density at radius 2 is 1.88 bits per heavy atom. The fraction of sp³-hybridized carbons (Fsp3) is 0.278. The number of ether oxygens (including phenoxy) is 1. The van der Waals surface area contributed by atoms with Gasteiger partial charge in [0.15, 0.2) is 0 Å². The second-order valence-electron chi connectivity index (χ2n) is 5.49. The van der Waals surface area contributed by atoms with Crippen LogP contribution in [-0.4, -0.2) is 38.8 Å². The highest BCUT2D eigenvalue weighted by Crippen LogP contribution is 2.28. The van der Waals surface area contributed by atoms with Gasteiger partial charge in [-0.1, -0.05) is 48.9 Å². The minimum atomic E-state index is -3.84. The summed E-state index contributed by atoms with van der Waals surface area (Å²) in [5, 5.41) is 2.92. The van der Waals surface area contributed by atoms with Crippen LogP contribution in [-0.2, 0) is 21.4 Å². The molecule has 8 heteroatoms. The monoisotopic (exact) mass is 396 g/mol. The normalized spacial score (nSPS) is 11.4. The number of halogens is 1. The van der Waals surface area contributed by atoms with Gasteiger partial charge in [-0.3, -0.25) is 4.79 Å². The number of carbonyl (C=O) groups is 1. The van der Waals surface area contributed by atoms with E-state index < -0.39 is 10.0 Å². The molecule has 0 aliphatic carbocycles. The zero-order valence-electron chi connectivity index (χ0n) is 14.6. The van der Waals surface area contributed by atoms with Crippen molar-refractivity contribution in [2.75, 3.05) is 20.2 Å². The highest BCUT2D eigenvalue weighted by molar-refractivity contribution is 7.89. The molecule has 140 valence electrons. The van der Waals surface area contributed by atoms with Crippen LogP contribution >= 0.6 is 11.6 Å². The van der Waals surface area contributed by atoms with Crippen LogP contribution < -0.4 is 10.1 Å². The van der Waals surface area contributed by atoms with Gasteiger partial charge in [0.2, 0.25) is 15.9 Å². The van der Waals surface area contributed by atoms with Crippen LogP contribution in [0.3, 0.4) is 0 Å². The predicted octanol–water partition coefficient (Wildman–Crippen LogP) is 2.68. The van der Waals surface area contributed by atoms with Crippen LogP contribution in [0.25, 0.3) is 0 Å². The molecule has 2 aromatic rings. The van der Waals surface area contributed by atoms with Crippen LogP contribution in [0.4, 0.5) is 0 Å². The van der Waals surface area contributed by atoms with E-state index in [-0.39, 0.29) is 28.9 Å². The number of sulfonamides is 1. The van der Waals surface area contributed by atoms with E-state index in [2.05, 4.69) is 5.32 Å². The summed E-state index contributed by atoms with van der Waals surface area (Å²) in [6.07, 6.45) is 0. The number of likely N-dealkylation sites (N-methyl/N-ethyl adjacent to an activating group) is 1. The summed E-state index contributed by atoms with van der Waals surface area (Å²) in [5.74, 6) is 0.00755. The van der Waals surface area contributed by atoms with Crippen LogP contribution in [0.2, 0.25) is 5.02 Å². The van der Waals surface area contributed by atoms with Crippen LogP contribution in [0.5, 0.6) is 5.75 Å². The summed E-state index contributed by atoms with van der Waals surface area (Å²) < 4.78 is 31.7. The van der Waals surface area contributed by atoms with Crippen molar-refractivity contribution in [3.8, 4) is 5.75 Å². The molecule has 0 unspecified atom stereocenters. The third-order valence-electron chi connectivity index (χ3n) is 3.77.